The summed E-state index contributed by atoms with van der Waals surface area (Å²) >= 11 is 0. The summed E-state index contributed by atoms with van der Waals surface area (Å²) in [6, 6.07) is 4.41. The summed E-state index contributed by atoms with van der Waals surface area (Å²) in [6.07, 6.45) is 8.22. The van der Waals surface area contributed by atoms with E-state index >= 15 is 0 Å². The number of aliphatic hydroxyl groups is 1. The highest BCUT2D eigenvalue weighted by Crippen LogP contribution is 2.47. The van der Waals surface area contributed by atoms with Gasteiger partial charge in [-0.3, -0.25) is 0 Å². The Balaban J connectivity index is 1.95. The molecule has 3 heteroatoms. The lowest BCUT2D eigenvalue weighted by atomic mass is 9.99. The van der Waals surface area contributed by atoms with E-state index in [-0.39, 0.29) is 0 Å². The van der Waals surface area contributed by atoms with Gasteiger partial charge in [0.2, 0.25) is 0 Å². The van der Waals surface area contributed by atoms with Crippen molar-refractivity contribution in [2.24, 2.45) is 0 Å². The van der Waals surface area contributed by atoms with E-state index in [0.29, 0.717) is 18.8 Å². The van der Waals surface area contributed by atoms with Gasteiger partial charge in [-0.05, 0) is 47.3 Å². The van der Waals surface area contributed by atoms with E-state index in [1.54, 1.807) is 0 Å². The second-order valence-electron chi connectivity index (χ2n) is 5.81. The number of aliphatic hydroxyl groups excluding tert-OH is 1. The monoisotopic (exact) mass is 282 g/mol. The van der Waals surface area contributed by atoms with E-state index in [0.717, 1.165) is 11.6 Å². The first-order valence-electron chi connectivity index (χ1n) is 7.26. The first-order valence-corrected chi connectivity index (χ1v) is 9.67. The van der Waals surface area contributed by atoms with Crippen molar-refractivity contribution < 1.29 is 9.53 Å². The van der Waals surface area contributed by atoms with Gasteiger partial charge in [-0.1, -0.05) is 30.4 Å². The predicted octanol–water partition coefficient (Wildman–Crippen LogP) is 3.23. The lowest BCUT2D eigenvalue weighted by Gasteiger charge is -2.42. The molecule has 0 bridgehead atoms. The SMILES string of the molecule is CCO[Si]1(C)C2=C(O)Cc3ccc(C4=CC=CC4)c1c32. The highest BCUT2D eigenvalue weighted by Gasteiger charge is 2.55. The molecule has 1 aromatic carbocycles. The average Bonchev–Trinajstić information content (AvgIpc) is 3.02. The Hall–Kier alpha value is -1.58. The van der Waals surface area contributed by atoms with Gasteiger partial charge < -0.3 is 9.53 Å². The average molecular weight is 282 g/mol. The third kappa shape index (κ3) is 1.32. The van der Waals surface area contributed by atoms with Gasteiger partial charge in [0.05, 0.1) is 5.76 Å². The summed E-state index contributed by atoms with van der Waals surface area (Å²) in [7, 11) is -2.11. The van der Waals surface area contributed by atoms with Crippen LogP contribution in [0, 0.1) is 0 Å². The van der Waals surface area contributed by atoms with Gasteiger partial charge in [-0.25, -0.2) is 0 Å². The molecule has 1 aliphatic heterocycles. The number of hydrogen-bond acceptors (Lipinski definition) is 2. The number of allylic oxidation sites excluding steroid dienone is 5. The highest BCUT2D eigenvalue weighted by atomic mass is 28.4. The zero-order chi connectivity index (χ0) is 13.9. The molecule has 4 rings (SSSR count). The van der Waals surface area contributed by atoms with E-state index in [1.165, 1.54) is 27.5 Å². The van der Waals surface area contributed by atoms with Gasteiger partial charge in [0, 0.05) is 18.2 Å². The first kappa shape index (κ1) is 12.2. The third-order valence-electron chi connectivity index (χ3n) is 4.69. The Labute approximate surface area is 120 Å². The van der Waals surface area contributed by atoms with Crippen LogP contribution in [0.2, 0.25) is 6.55 Å². The first-order chi connectivity index (χ1) is 9.66. The van der Waals surface area contributed by atoms with E-state index < -0.39 is 8.32 Å². The van der Waals surface area contributed by atoms with Crippen LogP contribution in [0.4, 0.5) is 0 Å². The van der Waals surface area contributed by atoms with Crippen LogP contribution in [0.5, 0.6) is 0 Å². The quantitative estimate of drug-likeness (QED) is 0.863. The molecule has 1 unspecified atom stereocenters. The maximum Gasteiger partial charge on any atom is 0.257 e. The molecule has 0 radical (unpaired) electrons. The minimum absolute atomic E-state index is 0.547. The molecule has 1 aromatic rings. The van der Waals surface area contributed by atoms with Gasteiger partial charge in [0.15, 0.2) is 0 Å². The molecule has 2 aliphatic carbocycles. The summed E-state index contributed by atoms with van der Waals surface area (Å²) in [5, 5.41) is 12.8. The van der Waals surface area contributed by atoms with Gasteiger partial charge >= 0.3 is 0 Å². The second kappa shape index (κ2) is 3.96. The molecule has 1 atom stereocenters. The Bertz CT molecular complexity index is 712. The zero-order valence-corrected chi connectivity index (χ0v) is 12.9. The smallest absolute Gasteiger partial charge is 0.257 e. The van der Waals surface area contributed by atoms with E-state index in [1.807, 2.05) is 6.92 Å². The lowest BCUT2D eigenvalue weighted by Crippen LogP contribution is -2.60. The molecule has 0 aromatic heterocycles. The summed E-state index contributed by atoms with van der Waals surface area (Å²) in [5.74, 6) is 0.547. The van der Waals surface area contributed by atoms with Crippen molar-refractivity contribution in [2.75, 3.05) is 6.61 Å². The molecule has 3 aliphatic rings. The molecule has 1 N–H and O–H groups in total. The molecule has 0 amide bonds. The molecule has 20 heavy (non-hydrogen) atoms. The van der Waals surface area contributed by atoms with Crippen LogP contribution < -0.4 is 5.19 Å². The van der Waals surface area contributed by atoms with Crippen molar-refractivity contribution in [3.8, 4) is 0 Å². The van der Waals surface area contributed by atoms with Crippen molar-refractivity contribution >= 4 is 24.3 Å². The predicted molar refractivity (Wildman–Crippen MR) is 84.3 cm³/mol. The van der Waals surface area contributed by atoms with Crippen LogP contribution in [-0.2, 0) is 10.8 Å². The summed E-state index contributed by atoms with van der Waals surface area (Å²) in [6.45, 7) is 4.98. The molecular formula is C17H18O2Si. The maximum absolute atomic E-state index is 10.3. The van der Waals surface area contributed by atoms with Gasteiger partial charge in [0.25, 0.3) is 8.32 Å². The van der Waals surface area contributed by atoms with E-state index in [9.17, 15) is 5.11 Å². The minimum Gasteiger partial charge on any atom is -0.512 e. The third-order valence-corrected chi connectivity index (χ3v) is 8.52. The largest absolute Gasteiger partial charge is 0.512 e. The lowest BCUT2D eigenvalue weighted by molar-refractivity contribution is 0.340. The van der Waals surface area contributed by atoms with E-state index in [4.69, 9.17) is 4.43 Å². The number of hydrogen-bond donors (Lipinski definition) is 1. The number of benzene rings is 1. The van der Waals surface area contributed by atoms with Crippen LogP contribution in [0.15, 0.2) is 36.1 Å². The summed E-state index contributed by atoms with van der Waals surface area (Å²) in [5.41, 5.74) is 5.30. The van der Waals surface area contributed by atoms with Crippen molar-refractivity contribution in [1.29, 1.82) is 0 Å². The fourth-order valence-corrected chi connectivity index (χ4v) is 7.76. The van der Waals surface area contributed by atoms with Crippen LogP contribution in [0.25, 0.3) is 10.8 Å². The Kier molecular flexibility index (Phi) is 2.41. The van der Waals surface area contributed by atoms with Crippen LogP contribution in [0.1, 0.15) is 30.0 Å². The Morgan fingerprint density at radius 3 is 2.90 bits per heavy atom. The Morgan fingerprint density at radius 2 is 2.20 bits per heavy atom. The van der Waals surface area contributed by atoms with E-state index in [2.05, 4.69) is 36.9 Å². The van der Waals surface area contributed by atoms with Crippen molar-refractivity contribution in [1.82, 2.24) is 0 Å². The molecule has 0 fully saturated rings. The number of rotatable bonds is 3. The normalized spacial score (nSPS) is 25.8. The van der Waals surface area contributed by atoms with Crippen LogP contribution >= 0.6 is 0 Å². The highest BCUT2D eigenvalue weighted by molar-refractivity contribution is 7.07. The van der Waals surface area contributed by atoms with Crippen molar-refractivity contribution in [3.05, 3.63) is 52.8 Å². The molecule has 0 saturated heterocycles. The molecule has 1 heterocycles. The molecule has 102 valence electrons. The maximum atomic E-state index is 10.3. The van der Waals surface area contributed by atoms with Crippen molar-refractivity contribution in [2.45, 2.75) is 26.3 Å². The standard InChI is InChI=1S/C17H18O2Si/c1-3-19-20(2)16-13(11-6-4-5-7-11)9-8-12-10-14(18)17(20)15(12)16/h4-6,8-9,18H,3,7,10H2,1-2H3. The fourth-order valence-electron chi connectivity index (χ4n) is 3.91. The molecule has 0 saturated carbocycles. The van der Waals surface area contributed by atoms with Gasteiger partial charge in [-0.2, -0.15) is 0 Å². The van der Waals surface area contributed by atoms with Gasteiger partial charge in [0.1, 0.15) is 0 Å². The molecule has 2 nitrogen and oxygen atoms in total. The second-order valence-corrected chi connectivity index (χ2v) is 9.17. The molecule has 0 spiro atoms. The summed E-state index contributed by atoms with van der Waals surface area (Å²) < 4.78 is 6.17. The topological polar surface area (TPSA) is 29.5 Å². The zero-order valence-electron chi connectivity index (χ0n) is 11.9. The van der Waals surface area contributed by atoms with Crippen LogP contribution in [-0.4, -0.2) is 20.0 Å². The minimum atomic E-state index is -2.11. The fraction of sp³-hybridized carbons (Fsp3) is 0.294. The summed E-state index contributed by atoms with van der Waals surface area (Å²) in [4.78, 5) is 0. The molecular weight excluding hydrogens is 264 g/mol. The Morgan fingerprint density at radius 1 is 1.35 bits per heavy atom. The van der Waals surface area contributed by atoms with Crippen LogP contribution in [0.3, 0.4) is 0 Å². The van der Waals surface area contributed by atoms with Crippen molar-refractivity contribution in [3.63, 3.8) is 0 Å². The van der Waals surface area contributed by atoms with Gasteiger partial charge in [-0.15, -0.1) is 0 Å².